The third-order valence-electron chi connectivity index (χ3n) is 3.16. The quantitative estimate of drug-likeness (QED) is 0.871. The van der Waals surface area contributed by atoms with Crippen LogP contribution in [0.15, 0.2) is 15.9 Å². The molecule has 0 bridgehead atoms. The zero-order chi connectivity index (χ0) is 12.8. The molecular formula is C13H19BrN2OS. The van der Waals surface area contributed by atoms with E-state index in [1.165, 1.54) is 4.88 Å². The SMILES string of the molecule is O=C(CCCc1ccc(Br)s1)NC1CCNCC1. The molecule has 1 aromatic heterocycles. The summed E-state index contributed by atoms with van der Waals surface area (Å²) < 4.78 is 1.16. The van der Waals surface area contributed by atoms with Gasteiger partial charge in [0.05, 0.1) is 3.79 Å². The molecule has 0 radical (unpaired) electrons. The smallest absolute Gasteiger partial charge is 0.220 e. The van der Waals surface area contributed by atoms with Gasteiger partial charge in [0.25, 0.3) is 0 Å². The van der Waals surface area contributed by atoms with Gasteiger partial charge in [0.1, 0.15) is 0 Å². The van der Waals surface area contributed by atoms with Gasteiger partial charge in [-0.25, -0.2) is 0 Å². The molecule has 2 heterocycles. The highest BCUT2D eigenvalue weighted by molar-refractivity contribution is 9.11. The van der Waals surface area contributed by atoms with Gasteiger partial charge in [-0.1, -0.05) is 0 Å². The Hall–Kier alpha value is -0.390. The number of thiophene rings is 1. The van der Waals surface area contributed by atoms with Crippen LogP contribution in [-0.2, 0) is 11.2 Å². The number of nitrogens with one attached hydrogen (secondary N) is 2. The number of hydrogen-bond donors (Lipinski definition) is 2. The van der Waals surface area contributed by atoms with Gasteiger partial charge in [0.15, 0.2) is 0 Å². The van der Waals surface area contributed by atoms with E-state index in [4.69, 9.17) is 0 Å². The van der Waals surface area contributed by atoms with Crippen molar-refractivity contribution in [3.8, 4) is 0 Å². The molecule has 0 unspecified atom stereocenters. The minimum absolute atomic E-state index is 0.206. The fourth-order valence-electron chi connectivity index (χ4n) is 2.18. The number of carbonyl (C=O) groups excluding carboxylic acids is 1. The molecule has 0 aliphatic carbocycles. The number of rotatable bonds is 5. The largest absolute Gasteiger partial charge is 0.353 e. The molecule has 0 spiro atoms. The highest BCUT2D eigenvalue weighted by atomic mass is 79.9. The zero-order valence-corrected chi connectivity index (χ0v) is 12.8. The van der Waals surface area contributed by atoms with E-state index < -0.39 is 0 Å². The van der Waals surface area contributed by atoms with Gasteiger partial charge in [-0.05, 0) is 66.8 Å². The van der Waals surface area contributed by atoms with E-state index in [9.17, 15) is 4.79 Å². The summed E-state index contributed by atoms with van der Waals surface area (Å²) in [6.45, 7) is 2.04. The molecule has 1 aromatic rings. The average Bonchev–Trinajstić information content (AvgIpc) is 2.76. The summed E-state index contributed by atoms with van der Waals surface area (Å²) in [6, 6.07) is 4.57. The summed E-state index contributed by atoms with van der Waals surface area (Å²) in [6.07, 6.45) is 4.69. The Bertz CT molecular complexity index is 388. The highest BCUT2D eigenvalue weighted by Gasteiger charge is 2.14. The Balaban J connectivity index is 1.62. The predicted molar refractivity (Wildman–Crippen MR) is 79.0 cm³/mol. The Labute approximate surface area is 120 Å². The van der Waals surface area contributed by atoms with Crippen molar-refractivity contribution in [3.05, 3.63) is 20.8 Å². The number of amides is 1. The van der Waals surface area contributed by atoms with Crippen molar-refractivity contribution in [3.63, 3.8) is 0 Å². The summed E-state index contributed by atoms with van der Waals surface area (Å²) >= 11 is 5.20. The standard InChI is InChI=1S/C13H19BrN2OS/c14-12-5-4-11(18-12)2-1-3-13(17)16-10-6-8-15-9-7-10/h4-5,10,15H,1-3,6-9H2,(H,16,17). The van der Waals surface area contributed by atoms with Crippen molar-refractivity contribution in [2.75, 3.05) is 13.1 Å². The maximum atomic E-state index is 11.8. The van der Waals surface area contributed by atoms with Gasteiger partial charge in [-0.3, -0.25) is 4.79 Å². The monoisotopic (exact) mass is 330 g/mol. The molecule has 18 heavy (non-hydrogen) atoms. The second kappa shape index (κ2) is 7.26. The molecule has 1 aliphatic heterocycles. The molecule has 0 saturated carbocycles. The summed E-state index contributed by atoms with van der Waals surface area (Å²) in [5.74, 6) is 0.206. The van der Waals surface area contributed by atoms with Gasteiger partial charge in [-0.2, -0.15) is 0 Å². The molecule has 1 aliphatic rings. The lowest BCUT2D eigenvalue weighted by Gasteiger charge is -2.23. The van der Waals surface area contributed by atoms with E-state index in [2.05, 4.69) is 38.7 Å². The summed E-state index contributed by atoms with van der Waals surface area (Å²) in [5, 5.41) is 6.43. The van der Waals surface area contributed by atoms with Gasteiger partial charge in [0.2, 0.25) is 5.91 Å². The molecule has 2 rings (SSSR count). The van der Waals surface area contributed by atoms with Gasteiger partial charge in [-0.15, -0.1) is 11.3 Å². The highest BCUT2D eigenvalue weighted by Crippen LogP contribution is 2.23. The van der Waals surface area contributed by atoms with Crippen molar-refractivity contribution in [2.24, 2.45) is 0 Å². The number of piperidine rings is 1. The lowest BCUT2D eigenvalue weighted by Crippen LogP contribution is -2.42. The molecular weight excluding hydrogens is 312 g/mol. The maximum absolute atomic E-state index is 11.8. The van der Waals surface area contributed by atoms with Crippen LogP contribution >= 0.6 is 27.3 Å². The van der Waals surface area contributed by atoms with E-state index in [-0.39, 0.29) is 5.91 Å². The first kappa shape index (κ1) is 14.0. The van der Waals surface area contributed by atoms with Gasteiger partial charge >= 0.3 is 0 Å². The molecule has 5 heteroatoms. The predicted octanol–water partition coefficient (Wildman–Crippen LogP) is 2.70. The van der Waals surface area contributed by atoms with Crippen LogP contribution in [0.4, 0.5) is 0 Å². The van der Waals surface area contributed by atoms with E-state index >= 15 is 0 Å². The van der Waals surface area contributed by atoms with Crippen LogP contribution in [0.2, 0.25) is 0 Å². The first-order valence-electron chi connectivity index (χ1n) is 6.48. The molecule has 3 nitrogen and oxygen atoms in total. The number of aryl methyl sites for hydroxylation is 1. The summed E-state index contributed by atoms with van der Waals surface area (Å²) in [4.78, 5) is 13.1. The van der Waals surface area contributed by atoms with E-state index in [1.807, 2.05) is 0 Å². The van der Waals surface area contributed by atoms with Crippen LogP contribution in [0.1, 0.15) is 30.6 Å². The fraction of sp³-hybridized carbons (Fsp3) is 0.615. The molecule has 1 amide bonds. The third-order valence-corrected chi connectivity index (χ3v) is 4.84. The molecule has 0 atom stereocenters. The van der Waals surface area contributed by atoms with Crippen LogP contribution in [0.25, 0.3) is 0 Å². The first-order valence-corrected chi connectivity index (χ1v) is 8.09. The molecule has 1 fully saturated rings. The van der Waals surface area contributed by atoms with Crippen molar-refractivity contribution >= 4 is 33.2 Å². The van der Waals surface area contributed by atoms with Crippen LogP contribution in [0.3, 0.4) is 0 Å². The van der Waals surface area contributed by atoms with Crippen molar-refractivity contribution in [2.45, 2.75) is 38.1 Å². The molecule has 1 saturated heterocycles. The topological polar surface area (TPSA) is 41.1 Å². The molecule has 2 N–H and O–H groups in total. The third kappa shape index (κ3) is 4.71. The van der Waals surface area contributed by atoms with Crippen molar-refractivity contribution < 1.29 is 4.79 Å². The first-order chi connectivity index (χ1) is 8.74. The van der Waals surface area contributed by atoms with Crippen molar-refractivity contribution in [1.82, 2.24) is 10.6 Å². The van der Waals surface area contributed by atoms with Crippen LogP contribution in [0, 0.1) is 0 Å². The van der Waals surface area contributed by atoms with Crippen LogP contribution in [-0.4, -0.2) is 25.0 Å². The van der Waals surface area contributed by atoms with Crippen LogP contribution < -0.4 is 10.6 Å². The van der Waals surface area contributed by atoms with E-state index in [0.29, 0.717) is 12.5 Å². The number of carbonyl (C=O) groups is 1. The maximum Gasteiger partial charge on any atom is 0.220 e. The summed E-state index contributed by atoms with van der Waals surface area (Å²) in [5.41, 5.74) is 0. The Morgan fingerprint density at radius 2 is 2.22 bits per heavy atom. The van der Waals surface area contributed by atoms with Crippen LogP contribution in [0.5, 0.6) is 0 Å². The summed E-state index contributed by atoms with van der Waals surface area (Å²) in [7, 11) is 0. The number of halogens is 1. The molecule has 100 valence electrons. The fourth-order valence-corrected chi connectivity index (χ4v) is 3.70. The lowest BCUT2D eigenvalue weighted by atomic mass is 10.1. The Kier molecular flexibility index (Phi) is 5.66. The zero-order valence-electron chi connectivity index (χ0n) is 10.4. The minimum atomic E-state index is 0.206. The minimum Gasteiger partial charge on any atom is -0.353 e. The Morgan fingerprint density at radius 1 is 1.44 bits per heavy atom. The normalized spacial score (nSPS) is 16.7. The van der Waals surface area contributed by atoms with Gasteiger partial charge in [0, 0.05) is 17.3 Å². The second-order valence-corrected chi connectivity index (χ2v) is 7.20. The average molecular weight is 331 g/mol. The number of hydrogen-bond acceptors (Lipinski definition) is 3. The van der Waals surface area contributed by atoms with E-state index in [1.54, 1.807) is 11.3 Å². The van der Waals surface area contributed by atoms with Gasteiger partial charge < -0.3 is 10.6 Å². The van der Waals surface area contributed by atoms with Crippen molar-refractivity contribution in [1.29, 1.82) is 0 Å². The molecule has 0 aromatic carbocycles. The second-order valence-electron chi connectivity index (χ2n) is 4.65. The Morgan fingerprint density at radius 3 is 2.89 bits per heavy atom. The van der Waals surface area contributed by atoms with E-state index in [0.717, 1.165) is 42.6 Å². The lowest BCUT2D eigenvalue weighted by molar-refractivity contribution is -0.122.